The van der Waals surface area contributed by atoms with Gasteiger partial charge in [0, 0.05) is 12.4 Å². The zero-order chi connectivity index (χ0) is 12.8. The second-order valence-corrected chi connectivity index (χ2v) is 3.63. The second kappa shape index (κ2) is 5.60. The molecule has 2 aromatic rings. The van der Waals surface area contributed by atoms with Crippen molar-refractivity contribution in [2.75, 3.05) is 0 Å². The van der Waals surface area contributed by atoms with Crippen molar-refractivity contribution < 1.29 is 9.53 Å². The number of esters is 1. The van der Waals surface area contributed by atoms with Crippen molar-refractivity contribution in [3.63, 3.8) is 0 Å². The number of ether oxygens (including phenoxy) is 1. The third kappa shape index (κ3) is 2.92. The van der Waals surface area contributed by atoms with Crippen LogP contribution in [0.1, 0.15) is 21.5 Å². The summed E-state index contributed by atoms with van der Waals surface area (Å²) in [6, 6.07) is 12.3. The van der Waals surface area contributed by atoms with E-state index in [1.165, 1.54) is 6.20 Å². The molecule has 0 saturated carbocycles. The van der Waals surface area contributed by atoms with Crippen LogP contribution >= 0.6 is 0 Å². The Kier molecular flexibility index (Phi) is 3.67. The van der Waals surface area contributed by atoms with E-state index in [0.29, 0.717) is 11.1 Å². The highest BCUT2D eigenvalue weighted by atomic mass is 16.5. The van der Waals surface area contributed by atoms with Gasteiger partial charge in [0.2, 0.25) is 0 Å². The number of aromatic nitrogens is 1. The first-order valence-corrected chi connectivity index (χ1v) is 5.36. The Morgan fingerprint density at radius 3 is 2.94 bits per heavy atom. The lowest BCUT2D eigenvalue weighted by Gasteiger charge is -2.04. The molecule has 18 heavy (non-hydrogen) atoms. The molecule has 0 saturated heterocycles. The normalized spacial score (nSPS) is 9.50. The molecule has 4 heteroatoms. The number of benzene rings is 1. The zero-order valence-electron chi connectivity index (χ0n) is 9.54. The van der Waals surface area contributed by atoms with Crippen LogP contribution in [0, 0.1) is 11.3 Å². The number of hydrogen-bond donors (Lipinski definition) is 0. The Morgan fingerprint density at radius 1 is 1.33 bits per heavy atom. The lowest BCUT2D eigenvalue weighted by atomic mass is 10.1. The molecule has 0 N–H and O–H groups in total. The fourth-order valence-corrected chi connectivity index (χ4v) is 1.45. The average Bonchev–Trinajstić information content (AvgIpc) is 2.46. The summed E-state index contributed by atoms with van der Waals surface area (Å²) in [5, 5.41) is 8.75. The summed E-state index contributed by atoms with van der Waals surface area (Å²) in [5.74, 6) is -0.425. The lowest BCUT2D eigenvalue weighted by molar-refractivity contribution is 0.0472. The highest BCUT2D eigenvalue weighted by molar-refractivity contribution is 5.88. The van der Waals surface area contributed by atoms with Crippen LogP contribution in [0.3, 0.4) is 0 Å². The van der Waals surface area contributed by atoms with E-state index in [9.17, 15) is 4.79 Å². The molecule has 0 unspecified atom stereocenters. The molecule has 4 nitrogen and oxygen atoms in total. The second-order valence-electron chi connectivity index (χ2n) is 3.63. The van der Waals surface area contributed by atoms with Crippen molar-refractivity contribution in [3.8, 4) is 6.07 Å². The summed E-state index contributed by atoms with van der Waals surface area (Å²) in [6.45, 7) is 0.142. The summed E-state index contributed by atoms with van der Waals surface area (Å²) >= 11 is 0. The van der Waals surface area contributed by atoms with Crippen LogP contribution in [0.5, 0.6) is 0 Å². The number of nitriles is 1. The smallest absolute Gasteiger partial charge is 0.340 e. The third-order valence-electron chi connectivity index (χ3n) is 2.32. The maximum absolute atomic E-state index is 11.6. The lowest BCUT2D eigenvalue weighted by Crippen LogP contribution is -2.05. The van der Waals surface area contributed by atoms with Crippen LogP contribution in [0.25, 0.3) is 0 Å². The van der Waals surface area contributed by atoms with E-state index in [2.05, 4.69) is 4.98 Å². The Labute approximate surface area is 104 Å². The molecule has 1 aromatic heterocycles. The van der Waals surface area contributed by atoms with Crippen LogP contribution in [-0.2, 0) is 11.3 Å². The molecule has 2 rings (SSSR count). The molecule has 0 spiro atoms. The van der Waals surface area contributed by atoms with Gasteiger partial charge in [-0.15, -0.1) is 0 Å². The van der Waals surface area contributed by atoms with Gasteiger partial charge in [-0.1, -0.05) is 12.1 Å². The summed E-state index contributed by atoms with van der Waals surface area (Å²) in [5.41, 5.74) is 1.74. The van der Waals surface area contributed by atoms with Crippen molar-refractivity contribution in [1.82, 2.24) is 4.98 Å². The molecule has 0 aliphatic carbocycles. The summed E-state index contributed by atoms with van der Waals surface area (Å²) in [6.07, 6.45) is 3.04. The molecule has 0 amide bonds. The van der Waals surface area contributed by atoms with Crippen LogP contribution in [-0.4, -0.2) is 11.0 Å². The Bertz CT molecular complexity index is 588. The molecule has 0 aliphatic heterocycles. The van der Waals surface area contributed by atoms with Crippen molar-refractivity contribution in [3.05, 3.63) is 65.5 Å². The SMILES string of the molecule is N#Cc1cccc(COC(=O)c2cccnc2)c1. The highest BCUT2D eigenvalue weighted by Crippen LogP contribution is 2.07. The van der Waals surface area contributed by atoms with Gasteiger partial charge in [-0.25, -0.2) is 4.79 Å². The van der Waals surface area contributed by atoms with Crippen molar-refractivity contribution in [2.45, 2.75) is 6.61 Å². The minimum Gasteiger partial charge on any atom is -0.457 e. The molecule has 0 fully saturated rings. The van der Waals surface area contributed by atoms with Gasteiger partial charge in [-0.2, -0.15) is 5.26 Å². The Balaban J connectivity index is 2.00. The van der Waals surface area contributed by atoms with Gasteiger partial charge < -0.3 is 4.74 Å². The Hall–Kier alpha value is -2.67. The minimum atomic E-state index is -0.425. The van der Waals surface area contributed by atoms with Crippen molar-refractivity contribution in [2.24, 2.45) is 0 Å². The molecule has 0 atom stereocenters. The van der Waals surface area contributed by atoms with Gasteiger partial charge >= 0.3 is 5.97 Å². The fourth-order valence-electron chi connectivity index (χ4n) is 1.45. The van der Waals surface area contributed by atoms with E-state index in [0.717, 1.165) is 5.56 Å². The van der Waals surface area contributed by atoms with E-state index in [1.54, 1.807) is 42.6 Å². The number of rotatable bonds is 3. The topological polar surface area (TPSA) is 63.0 Å². The van der Waals surface area contributed by atoms with Crippen LogP contribution < -0.4 is 0 Å². The quantitative estimate of drug-likeness (QED) is 0.770. The van der Waals surface area contributed by atoms with Gasteiger partial charge in [0.1, 0.15) is 6.61 Å². The number of pyridine rings is 1. The molecular formula is C14H10N2O2. The van der Waals surface area contributed by atoms with E-state index in [1.807, 2.05) is 6.07 Å². The standard InChI is InChI=1S/C14H10N2O2/c15-8-11-3-1-4-12(7-11)10-18-14(17)13-5-2-6-16-9-13/h1-7,9H,10H2. The molecular weight excluding hydrogens is 228 g/mol. The van der Waals surface area contributed by atoms with E-state index in [4.69, 9.17) is 10.00 Å². The number of nitrogens with zero attached hydrogens (tertiary/aromatic N) is 2. The molecule has 0 radical (unpaired) electrons. The number of carbonyl (C=O) groups is 1. The fraction of sp³-hybridized carbons (Fsp3) is 0.0714. The van der Waals surface area contributed by atoms with Gasteiger partial charge in [-0.3, -0.25) is 4.98 Å². The number of hydrogen-bond acceptors (Lipinski definition) is 4. The first-order valence-electron chi connectivity index (χ1n) is 5.36. The predicted molar refractivity (Wildman–Crippen MR) is 64.5 cm³/mol. The van der Waals surface area contributed by atoms with E-state index >= 15 is 0 Å². The molecule has 1 heterocycles. The highest BCUT2D eigenvalue weighted by Gasteiger charge is 2.06. The van der Waals surface area contributed by atoms with E-state index in [-0.39, 0.29) is 6.61 Å². The summed E-state index contributed by atoms with van der Waals surface area (Å²) < 4.78 is 5.13. The largest absolute Gasteiger partial charge is 0.457 e. The summed E-state index contributed by atoms with van der Waals surface area (Å²) in [4.78, 5) is 15.5. The predicted octanol–water partition coefficient (Wildman–Crippen LogP) is 2.31. The third-order valence-corrected chi connectivity index (χ3v) is 2.32. The zero-order valence-corrected chi connectivity index (χ0v) is 9.54. The monoisotopic (exact) mass is 238 g/mol. The van der Waals surface area contributed by atoms with Crippen LogP contribution in [0.15, 0.2) is 48.8 Å². The molecule has 0 bridgehead atoms. The maximum Gasteiger partial charge on any atom is 0.340 e. The summed E-state index contributed by atoms with van der Waals surface area (Å²) in [7, 11) is 0. The van der Waals surface area contributed by atoms with Crippen LogP contribution in [0.2, 0.25) is 0 Å². The number of carbonyl (C=O) groups excluding carboxylic acids is 1. The van der Waals surface area contributed by atoms with Crippen LogP contribution in [0.4, 0.5) is 0 Å². The maximum atomic E-state index is 11.6. The van der Waals surface area contributed by atoms with Gasteiger partial charge in [0.05, 0.1) is 17.2 Å². The Morgan fingerprint density at radius 2 is 2.22 bits per heavy atom. The van der Waals surface area contributed by atoms with Crippen molar-refractivity contribution in [1.29, 1.82) is 5.26 Å². The first-order chi connectivity index (χ1) is 8.79. The van der Waals surface area contributed by atoms with Gasteiger partial charge in [-0.05, 0) is 29.8 Å². The average molecular weight is 238 g/mol. The van der Waals surface area contributed by atoms with E-state index < -0.39 is 5.97 Å². The van der Waals surface area contributed by atoms with Gasteiger partial charge in [0.15, 0.2) is 0 Å². The molecule has 88 valence electrons. The van der Waals surface area contributed by atoms with Crippen molar-refractivity contribution >= 4 is 5.97 Å². The minimum absolute atomic E-state index is 0.142. The molecule has 1 aromatic carbocycles. The van der Waals surface area contributed by atoms with Gasteiger partial charge in [0.25, 0.3) is 0 Å². The molecule has 0 aliphatic rings. The first kappa shape index (κ1) is 11.8.